The summed E-state index contributed by atoms with van der Waals surface area (Å²) in [4.78, 5) is 14.9. The summed E-state index contributed by atoms with van der Waals surface area (Å²) in [5.74, 6) is -1.06. The summed E-state index contributed by atoms with van der Waals surface area (Å²) in [5, 5.41) is 8.97. The van der Waals surface area contributed by atoms with Crippen molar-refractivity contribution in [2.24, 2.45) is 0 Å². The van der Waals surface area contributed by atoms with Gasteiger partial charge in [-0.3, -0.25) is 4.72 Å². The van der Waals surface area contributed by atoms with E-state index in [1.165, 1.54) is 25.3 Å². The number of nitrogens with zero attached hydrogens (tertiary/aromatic N) is 1. The Morgan fingerprint density at radius 1 is 1.35 bits per heavy atom. The predicted octanol–water partition coefficient (Wildman–Crippen LogP) is 2.15. The first-order valence-corrected chi connectivity index (χ1v) is 8.24. The van der Waals surface area contributed by atoms with E-state index < -0.39 is 16.0 Å². The highest BCUT2D eigenvalue weighted by Crippen LogP contribution is 2.26. The number of aromatic nitrogens is 1. The van der Waals surface area contributed by atoms with Gasteiger partial charge in [-0.25, -0.2) is 18.2 Å². The molecule has 1 heterocycles. The summed E-state index contributed by atoms with van der Waals surface area (Å²) in [5.41, 5.74) is 0.927. The number of ether oxygens (including phenoxy) is 1. The van der Waals surface area contributed by atoms with E-state index in [2.05, 4.69) is 9.71 Å². The Kier molecular flexibility index (Phi) is 4.85. The second-order valence-electron chi connectivity index (χ2n) is 4.69. The number of rotatable bonds is 6. The molecule has 0 bridgehead atoms. The molecule has 7 nitrogen and oxygen atoms in total. The smallest absolute Gasteiger partial charge is 0.335 e. The lowest BCUT2D eigenvalue weighted by atomic mass is 10.2. The summed E-state index contributed by atoms with van der Waals surface area (Å²) in [7, 11) is -2.57. The van der Waals surface area contributed by atoms with Crippen molar-refractivity contribution >= 4 is 21.7 Å². The number of benzene rings is 1. The number of methoxy groups -OCH3 is 1. The van der Waals surface area contributed by atoms with Crippen LogP contribution in [0.2, 0.25) is 0 Å². The molecule has 2 rings (SSSR count). The summed E-state index contributed by atoms with van der Waals surface area (Å²) < 4.78 is 32.4. The standard InChI is InChI=1S/C15H16N2O5S/c1-3-10-7-13(14(22-2)16-9-10)17-23(20,21)12-6-4-5-11(8-12)15(18)19/h4-9,17H,3H2,1-2H3,(H,18,19). The molecule has 1 aromatic heterocycles. The maximum absolute atomic E-state index is 12.5. The van der Waals surface area contributed by atoms with Crippen LogP contribution in [0.15, 0.2) is 41.4 Å². The minimum atomic E-state index is -3.96. The molecule has 122 valence electrons. The SMILES string of the molecule is CCc1cnc(OC)c(NS(=O)(=O)c2cccc(C(=O)O)c2)c1. The molecule has 0 saturated heterocycles. The van der Waals surface area contributed by atoms with E-state index in [1.54, 1.807) is 12.3 Å². The molecule has 0 aliphatic heterocycles. The first-order chi connectivity index (χ1) is 10.9. The van der Waals surface area contributed by atoms with Crippen molar-refractivity contribution in [1.29, 1.82) is 0 Å². The number of aromatic carboxylic acids is 1. The highest BCUT2D eigenvalue weighted by atomic mass is 32.2. The number of sulfonamides is 1. The minimum absolute atomic E-state index is 0.111. The fourth-order valence-corrected chi connectivity index (χ4v) is 3.02. The van der Waals surface area contributed by atoms with Gasteiger partial charge >= 0.3 is 5.97 Å². The molecular weight excluding hydrogens is 320 g/mol. The van der Waals surface area contributed by atoms with Crippen LogP contribution in [0.25, 0.3) is 0 Å². The van der Waals surface area contributed by atoms with Crippen LogP contribution >= 0.6 is 0 Å². The van der Waals surface area contributed by atoms with Crippen molar-refractivity contribution in [3.8, 4) is 5.88 Å². The Hall–Kier alpha value is -2.61. The monoisotopic (exact) mass is 336 g/mol. The lowest BCUT2D eigenvalue weighted by Crippen LogP contribution is -2.15. The Bertz CT molecular complexity index is 834. The lowest BCUT2D eigenvalue weighted by Gasteiger charge is -2.12. The van der Waals surface area contributed by atoms with Crippen LogP contribution in [-0.4, -0.2) is 31.6 Å². The van der Waals surface area contributed by atoms with Gasteiger partial charge in [0.05, 0.1) is 17.6 Å². The lowest BCUT2D eigenvalue weighted by molar-refractivity contribution is 0.0696. The molecule has 2 N–H and O–H groups in total. The second-order valence-corrected chi connectivity index (χ2v) is 6.37. The predicted molar refractivity (Wildman–Crippen MR) is 84.4 cm³/mol. The molecule has 0 aliphatic carbocycles. The van der Waals surface area contributed by atoms with E-state index in [0.717, 1.165) is 11.6 Å². The minimum Gasteiger partial charge on any atom is -0.480 e. The van der Waals surface area contributed by atoms with Crippen LogP contribution in [0.3, 0.4) is 0 Å². The molecule has 1 aromatic carbocycles. The van der Waals surface area contributed by atoms with E-state index in [9.17, 15) is 13.2 Å². The molecule has 0 saturated carbocycles. The summed E-state index contributed by atoms with van der Waals surface area (Å²) in [6.07, 6.45) is 2.28. The Balaban J connectivity index is 2.42. The molecule has 0 spiro atoms. The van der Waals surface area contributed by atoms with Crippen molar-refractivity contribution in [3.05, 3.63) is 47.7 Å². The van der Waals surface area contributed by atoms with Crippen LogP contribution in [0, 0.1) is 0 Å². The van der Waals surface area contributed by atoms with E-state index >= 15 is 0 Å². The number of aryl methyl sites for hydroxylation is 1. The molecule has 8 heteroatoms. The van der Waals surface area contributed by atoms with Crippen LogP contribution in [0.5, 0.6) is 5.88 Å². The van der Waals surface area contributed by atoms with Gasteiger partial charge in [-0.1, -0.05) is 13.0 Å². The quantitative estimate of drug-likeness (QED) is 0.837. The first kappa shape index (κ1) is 16.8. The van der Waals surface area contributed by atoms with Crippen molar-refractivity contribution in [3.63, 3.8) is 0 Å². The third kappa shape index (κ3) is 3.78. The summed E-state index contributed by atoms with van der Waals surface area (Å²) >= 11 is 0. The van der Waals surface area contributed by atoms with Gasteiger partial charge < -0.3 is 9.84 Å². The fraction of sp³-hybridized carbons (Fsp3) is 0.200. The Labute approximate surface area is 134 Å². The molecule has 23 heavy (non-hydrogen) atoms. The molecule has 0 aliphatic rings. The third-order valence-corrected chi connectivity index (χ3v) is 4.51. The molecule has 0 atom stereocenters. The average Bonchev–Trinajstić information content (AvgIpc) is 2.54. The number of carbonyl (C=O) groups is 1. The molecule has 0 unspecified atom stereocenters. The van der Waals surface area contributed by atoms with Gasteiger partial charge in [0.2, 0.25) is 5.88 Å². The maximum atomic E-state index is 12.5. The number of anilines is 1. The zero-order chi connectivity index (χ0) is 17.0. The maximum Gasteiger partial charge on any atom is 0.335 e. The van der Waals surface area contributed by atoms with Gasteiger partial charge in [0.1, 0.15) is 5.69 Å². The van der Waals surface area contributed by atoms with Crippen LogP contribution < -0.4 is 9.46 Å². The second kappa shape index (κ2) is 6.66. The highest BCUT2D eigenvalue weighted by Gasteiger charge is 2.19. The highest BCUT2D eigenvalue weighted by molar-refractivity contribution is 7.92. The van der Waals surface area contributed by atoms with Crippen molar-refractivity contribution in [2.45, 2.75) is 18.2 Å². The van der Waals surface area contributed by atoms with Crippen molar-refractivity contribution in [1.82, 2.24) is 4.98 Å². The molecular formula is C15H16N2O5S. The van der Waals surface area contributed by atoms with E-state index in [-0.39, 0.29) is 22.0 Å². The number of pyridine rings is 1. The molecule has 0 amide bonds. The number of nitrogens with one attached hydrogen (secondary N) is 1. The van der Waals surface area contributed by atoms with Crippen molar-refractivity contribution < 1.29 is 23.1 Å². The van der Waals surface area contributed by atoms with Gasteiger partial charge in [0.15, 0.2) is 0 Å². The van der Waals surface area contributed by atoms with Crippen LogP contribution in [-0.2, 0) is 16.4 Å². The van der Waals surface area contributed by atoms with Gasteiger partial charge in [0, 0.05) is 6.20 Å². The zero-order valence-electron chi connectivity index (χ0n) is 12.6. The topological polar surface area (TPSA) is 106 Å². The largest absolute Gasteiger partial charge is 0.480 e. The van der Waals surface area contributed by atoms with Crippen LogP contribution in [0.4, 0.5) is 5.69 Å². The first-order valence-electron chi connectivity index (χ1n) is 6.76. The summed E-state index contributed by atoms with van der Waals surface area (Å²) in [6, 6.07) is 6.73. The molecule has 0 radical (unpaired) electrons. The van der Waals surface area contributed by atoms with Gasteiger partial charge in [-0.05, 0) is 36.2 Å². The van der Waals surface area contributed by atoms with Gasteiger partial charge in [-0.2, -0.15) is 0 Å². The van der Waals surface area contributed by atoms with Crippen molar-refractivity contribution in [2.75, 3.05) is 11.8 Å². The van der Waals surface area contributed by atoms with E-state index in [0.29, 0.717) is 6.42 Å². The van der Waals surface area contributed by atoms with Crippen LogP contribution in [0.1, 0.15) is 22.8 Å². The average molecular weight is 336 g/mol. The Morgan fingerprint density at radius 2 is 2.09 bits per heavy atom. The van der Waals surface area contributed by atoms with Gasteiger partial charge in [-0.15, -0.1) is 0 Å². The fourth-order valence-electron chi connectivity index (χ4n) is 1.92. The number of hydrogen-bond donors (Lipinski definition) is 2. The van der Waals surface area contributed by atoms with E-state index in [1.807, 2.05) is 6.92 Å². The summed E-state index contributed by atoms with van der Waals surface area (Å²) in [6.45, 7) is 1.91. The number of carboxylic acid groups (broad SMARTS) is 1. The Morgan fingerprint density at radius 3 is 2.70 bits per heavy atom. The third-order valence-electron chi connectivity index (χ3n) is 3.14. The number of hydrogen-bond acceptors (Lipinski definition) is 5. The van der Waals surface area contributed by atoms with Gasteiger partial charge in [0.25, 0.3) is 10.0 Å². The zero-order valence-corrected chi connectivity index (χ0v) is 13.4. The number of carboxylic acids is 1. The van der Waals surface area contributed by atoms with E-state index in [4.69, 9.17) is 9.84 Å². The molecule has 0 fully saturated rings. The molecule has 2 aromatic rings. The normalized spacial score (nSPS) is 11.0.